The molecule has 5 heteroatoms. The van der Waals surface area contributed by atoms with Crippen molar-refractivity contribution in [3.63, 3.8) is 0 Å². The molecule has 0 unspecified atom stereocenters. The predicted octanol–water partition coefficient (Wildman–Crippen LogP) is 2.49. The number of hydrogen-bond donors (Lipinski definition) is 0. The topological polar surface area (TPSA) is 55.8 Å². The van der Waals surface area contributed by atoms with Crippen LogP contribution in [0.25, 0.3) is 0 Å². The maximum Gasteiger partial charge on any atom is 0.313 e. The molecule has 2 saturated heterocycles. The number of esters is 1. The van der Waals surface area contributed by atoms with Gasteiger partial charge in [-0.05, 0) is 31.9 Å². The first-order valence-corrected chi connectivity index (χ1v) is 8.94. The van der Waals surface area contributed by atoms with Gasteiger partial charge in [-0.25, -0.2) is 0 Å². The summed E-state index contributed by atoms with van der Waals surface area (Å²) in [6, 6.07) is 7.91. The summed E-state index contributed by atoms with van der Waals surface area (Å²) in [6.07, 6.45) is 4.15. The predicted molar refractivity (Wildman–Crippen MR) is 93.1 cm³/mol. The Kier molecular flexibility index (Phi) is 3.72. The van der Waals surface area contributed by atoms with Gasteiger partial charge in [0.2, 0.25) is 5.91 Å². The number of fused-ring (bicyclic) bond motifs is 1. The maximum absolute atomic E-state index is 13.2. The van der Waals surface area contributed by atoms with Crippen LogP contribution >= 0.6 is 0 Å². The van der Waals surface area contributed by atoms with E-state index in [1.165, 1.54) is 0 Å². The molecule has 5 nitrogen and oxygen atoms in total. The van der Waals surface area contributed by atoms with E-state index < -0.39 is 17.4 Å². The molecule has 0 aromatic heterocycles. The fourth-order valence-corrected chi connectivity index (χ4v) is 4.36. The highest BCUT2D eigenvalue weighted by molar-refractivity contribution is 6.03. The summed E-state index contributed by atoms with van der Waals surface area (Å²) in [5.41, 5.74) is 1.32. The zero-order chi connectivity index (χ0) is 17.8. The third-order valence-corrected chi connectivity index (χ3v) is 5.39. The summed E-state index contributed by atoms with van der Waals surface area (Å²) in [4.78, 5) is 27.6. The van der Waals surface area contributed by atoms with Gasteiger partial charge in [-0.2, -0.15) is 0 Å². The minimum Gasteiger partial charge on any atom is -0.463 e. The van der Waals surface area contributed by atoms with Crippen LogP contribution in [0.15, 0.2) is 36.4 Å². The molecule has 3 aliphatic heterocycles. The Hall–Kier alpha value is -2.14. The van der Waals surface area contributed by atoms with E-state index in [4.69, 9.17) is 9.47 Å². The highest BCUT2D eigenvalue weighted by Crippen LogP contribution is 2.53. The molecule has 4 rings (SSSR count). The molecule has 3 heterocycles. The van der Waals surface area contributed by atoms with Gasteiger partial charge in [0.15, 0.2) is 0 Å². The zero-order valence-corrected chi connectivity index (χ0v) is 14.8. The van der Waals surface area contributed by atoms with E-state index in [0.29, 0.717) is 6.54 Å². The minimum absolute atomic E-state index is 0.0431. The number of para-hydroxylation sites is 1. The summed E-state index contributed by atoms with van der Waals surface area (Å²) in [7, 11) is 0. The number of amides is 1. The molecule has 2 bridgehead atoms. The first kappa shape index (κ1) is 16.3. The number of anilines is 1. The average Bonchev–Trinajstić information content (AvgIpc) is 3.22. The Morgan fingerprint density at radius 2 is 2.16 bits per heavy atom. The van der Waals surface area contributed by atoms with E-state index in [1.807, 2.05) is 50.3 Å². The lowest BCUT2D eigenvalue weighted by Crippen LogP contribution is -2.40. The highest BCUT2D eigenvalue weighted by Gasteiger charge is 2.67. The van der Waals surface area contributed by atoms with Crippen LogP contribution in [-0.2, 0) is 25.5 Å². The van der Waals surface area contributed by atoms with Gasteiger partial charge in [0.25, 0.3) is 0 Å². The smallest absolute Gasteiger partial charge is 0.313 e. The molecule has 25 heavy (non-hydrogen) atoms. The molecule has 0 aliphatic carbocycles. The number of ether oxygens (including phenoxy) is 2. The van der Waals surface area contributed by atoms with Crippen molar-refractivity contribution >= 4 is 17.6 Å². The van der Waals surface area contributed by atoms with Gasteiger partial charge in [-0.3, -0.25) is 9.59 Å². The fourth-order valence-electron chi connectivity index (χ4n) is 4.36. The molecule has 4 atom stereocenters. The molecule has 0 saturated carbocycles. The molecule has 3 aliphatic rings. The normalized spacial score (nSPS) is 32.6. The highest BCUT2D eigenvalue weighted by atomic mass is 16.6. The Morgan fingerprint density at radius 3 is 2.88 bits per heavy atom. The van der Waals surface area contributed by atoms with Gasteiger partial charge in [-0.15, -0.1) is 0 Å². The minimum atomic E-state index is -0.705. The lowest BCUT2D eigenvalue weighted by molar-refractivity contribution is -0.156. The van der Waals surface area contributed by atoms with Crippen molar-refractivity contribution in [2.24, 2.45) is 11.8 Å². The largest absolute Gasteiger partial charge is 0.463 e. The molecular weight excluding hydrogens is 318 g/mol. The number of aryl methyl sites for hydroxylation is 1. The van der Waals surface area contributed by atoms with Gasteiger partial charge >= 0.3 is 5.97 Å². The van der Waals surface area contributed by atoms with Gasteiger partial charge in [-0.1, -0.05) is 37.3 Å². The molecule has 1 aromatic rings. The number of carbonyl (C=O) groups is 2. The molecular formula is C20H23NO4. The number of carbonyl (C=O) groups excluding carboxylic acids is 2. The lowest BCUT2D eigenvalue weighted by Gasteiger charge is -2.24. The number of rotatable bonds is 4. The Labute approximate surface area is 147 Å². The van der Waals surface area contributed by atoms with E-state index >= 15 is 0 Å². The summed E-state index contributed by atoms with van der Waals surface area (Å²) in [6.45, 7) is 6.16. The summed E-state index contributed by atoms with van der Waals surface area (Å²) in [5, 5.41) is 0. The van der Waals surface area contributed by atoms with Crippen molar-refractivity contribution < 1.29 is 19.1 Å². The van der Waals surface area contributed by atoms with Gasteiger partial charge < -0.3 is 14.4 Å². The van der Waals surface area contributed by atoms with Crippen molar-refractivity contribution in [1.29, 1.82) is 0 Å². The van der Waals surface area contributed by atoms with Crippen LogP contribution in [0.2, 0.25) is 0 Å². The number of nitrogens with zero attached hydrogens (tertiary/aromatic N) is 1. The molecule has 2 fully saturated rings. The van der Waals surface area contributed by atoms with Crippen molar-refractivity contribution in [2.75, 3.05) is 11.4 Å². The number of benzene rings is 1. The monoisotopic (exact) mass is 341 g/mol. The fraction of sp³-hybridized carbons (Fsp3) is 0.500. The molecule has 132 valence electrons. The van der Waals surface area contributed by atoms with Crippen molar-refractivity contribution in [1.82, 2.24) is 0 Å². The van der Waals surface area contributed by atoms with Crippen molar-refractivity contribution in [3.05, 3.63) is 42.0 Å². The zero-order valence-electron chi connectivity index (χ0n) is 14.8. The summed E-state index contributed by atoms with van der Waals surface area (Å²) >= 11 is 0. The van der Waals surface area contributed by atoms with E-state index in [9.17, 15) is 9.59 Å². The SMILES string of the molecule is CCc1ccccc1N1C[C@@]23C=C[C@H](O2)[C@H](C(=O)OC(C)C)[C@@H]3C1=O. The molecule has 1 aromatic carbocycles. The third-order valence-electron chi connectivity index (χ3n) is 5.39. The van der Waals surface area contributed by atoms with Crippen LogP contribution < -0.4 is 4.90 Å². The molecule has 1 spiro atoms. The lowest BCUT2D eigenvalue weighted by atomic mass is 9.77. The van der Waals surface area contributed by atoms with Crippen molar-refractivity contribution in [3.8, 4) is 0 Å². The average molecular weight is 341 g/mol. The number of hydrogen-bond acceptors (Lipinski definition) is 4. The standard InChI is InChI=1S/C20H23NO4/c1-4-13-7-5-6-8-14(13)21-11-20-10-9-15(25-20)16(17(20)18(21)22)19(23)24-12(2)3/h5-10,12,15-17H,4,11H2,1-3H3/t15-,16-,17+,20+/m0/s1. The van der Waals surface area contributed by atoms with Crippen molar-refractivity contribution in [2.45, 2.75) is 45.0 Å². The Bertz CT molecular complexity index is 756. The first-order chi connectivity index (χ1) is 12.0. The van der Waals surface area contributed by atoms with E-state index in [2.05, 4.69) is 6.92 Å². The third kappa shape index (κ3) is 2.33. The van der Waals surface area contributed by atoms with E-state index in [-0.39, 0.29) is 24.1 Å². The Morgan fingerprint density at radius 1 is 1.40 bits per heavy atom. The quantitative estimate of drug-likeness (QED) is 0.624. The summed E-state index contributed by atoms with van der Waals surface area (Å²) < 4.78 is 11.5. The van der Waals surface area contributed by atoms with Crippen LogP contribution in [0, 0.1) is 11.8 Å². The second-order valence-electron chi connectivity index (χ2n) is 7.29. The van der Waals surface area contributed by atoms with E-state index in [1.54, 1.807) is 4.90 Å². The second-order valence-corrected chi connectivity index (χ2v) is 7.29. The van der Waals surface area contributed by atoms with Gasteiger partial charge in [0.05, 0.1) is 24.7 Å². The molecule has 0 radical (unpaired) electrons. The maximum atomic E-state index is 13.2. The van der Waals surface area contributed by atoms with E-state index in [0.717, 1.165) is 17.7 Å². The molecule has 0 N–H and O–H groups in total. The first-order valence-electron chi connectivity index (χ1n) is 8.94. The van der Waals surface area contributed by atoms with Crippen LogP contribution in [0.3, 0.4) is 0 Å². The molecule has 1 amide bonds. The van der Waals surface area contributed by atoms with Crippen LogP contribution in [0.4, 0.5) is 5.69 Å². The summed E-state index contributed by atoms with van der Waals surface area (Å²) in [5.74, 6) is -1.44. The van der Waals surface area contributed by atoms with Gasteiger partial charge in [0, 0.05) is 5.69 Å². The van der Waals surface area contributed by atoms with Crippen LogP contribution in [-0.4, -0.2) is 36.2 Å². The van der Waals surface area contributed by atoms with Gasteiger partial charge in [0.1, 0.15) is 11.5 Å². The Balaban J connectivity index is 1.69. The second kappa shape index (κ2) is 5.70. The van der Waals surface area contributed by atoms with Crippen LogP contribution in [0.5, 0.6) is 0 Å². The van der Waals surface area contributed by atoms with Crippen LogP contribution in [0.1, 0.15) is 26.3 Å².